The lowest BCUT2D eigenvalue weighted by Gasteiger charge is -2.08. The average molecular weight is 260 g/mol. The van der Waals surface area contributed by atoms with Crippen LogP contribution in [0.3, 0.4) is 0 Å². The van der Waals surface area contributed by atoms with Crippen molar-refractivity contribution in [2.45, 2.75) is 33.3 Å². The maximum Gasteiger partial charge on any atom is 0.123 e. The zero-order chi connectivity index (χ0) is 13.9. The van der Waals surface area contributed by atoms with Crippen LogP contribution >= 0.6 is 0 Å². The van der Waals surface area contributed by atoms with Gasteiger partial charge in [-0.1, -0.05) is 56.3 Å². The molecule has 0 saturated carbocycles. The molecule has 0 saturated heterocycles. The molecule has 0 radical (unpaired) electrons. The molecule has 19 heavy (non-hydrogen) atoms. The Morgan fingerprint density at radius 1 is 1.16 bits per heavy atom. The third kappa shape index (κ3) is 7.58. The van der Waals surface area contributed by atoms with Gasteiger partial charge in [-0.15, -0.1) is 0 Å². The van der Waals surface area contributed by atoms with Gasteiger partial charge in [-0.3, -0.25) is 0 Å². The van der Waals surface area contributed by atoms with Crippen LogP contribution < -0.4 is 0 Å². The van der Waals surface area contributed by atoms with Gasteiger partial charge in [0.1, 0.15) is 6.29 Å². The second-order valence-corrected chi connectivity index (χ2v) is 5.08. The number of ether oxygens (including phenoxy) is 1. The largest absolute Gasteiger partial charge is 0.377 e. The molecule has 0 N–H and O–H groups in total. The second kappa shape index (κ2) is 9.51. The molecule has 2 atom stereocenters. The molecule has 2 nitrogen and oxygen atoms in total. The molecule has 0 fully saturated rings. The van der Waals surface area contributed by atoms with E-state index in [9.17, 15) is 4.79 Å². The van der Waals surface area contributed by atoms with Crippen LogP contribution in [0.25, 0.3) is 0 Å². The van der Waals surface area contributed by atoms with Crippen molar-refractivity contribution >= 4 is 6.29 Å². The van der Waals surface area contributed by atoms with Crippen molar-refractivity contribution in [1.82, 2.24) is 0 Å². The number of carbonyl (C=O) groups excluding carboxylic acids is 1. The average Bonchev–Trinajstić information content (AvgIpc) is 2.44. The van der Waals surface area contributed by atoms with E-state index in [1.54, 1.807) is 0 Å². The Morgan fingerprint density at radius 2 is 1.89 bits per heavy atom. The summed E-state index contributed by atoms with van der Waals surface area (Å²) in [5, 5.41) is 0. The molecule has 2 heteroatoms. The first-order valence-electron chi connectivity index (χ1n) is 6.96. The minimum absolute atomic E-state index is 0.123. The monoisotopic (exact) mass is 260 g/mol. The van der Waals surface area contributed by atoms with Gasteiger partial charge < -0.3 is 9.53 Å². The summed E-state index contributed by atoms with van der Waals surface area (Å²) in [6.45, 7) is 5.56. The Kier molecular flexibility index (Phi) is 7.83. The maximum absolute atomic E-state index is 10.5. The van der Waals surface area contributed by atoms with E-state index in [-0.39, 0.29) is 5.92 Å². The number of hydrogen-bond acceptors (Lipinski definition) is 2. The molecule has 0 unspecified atom stereocenters. The third-order valence-corrected chi connectivity index (χ3v) is 3.03. The number of aldehydes is 1. The molecular weight excluding hydrogens is 236 g/mol. The lowest BCUT2D eigenvalue weighted by atomic mass is 10.0. The number of carbonyl (C=O) groups is 1. The summed E-state index contributed by atoms with van der Waals surface area (Å²) in [4.78, 5) is 10.5. The fourth-order valence-electron chi connectivity index (χ4n) is 1.71. The van der Waals surface area contributed by atoms with Crippen LogP contribution in [0.4, 0.5) is 0 Å². The van der Waals surface area contributed by atoms with Gasteiger partial charge in [-0.2, -0.15) is 0 Å². The van der Waals surface area contributed by atoms with Crippen molar-refractivity contribution in [1.29, 1.82) is 0 Å². The maximum atomic E-state index is 10.5. The van der Waals surface area contributed by atoms with E-state index in [0.717, 1.165) is 25.7 Å². The molecular formula is C17H24O2. The molecule has 0 heterocycles. The summed E-state index contributed by atoms with van der Waals surface area (Å²) in [6.07, 6.45) is 7.11. The van der Waals surface area contributed by atoms with Gasteiger partial charge in [-0.25, -0.2) is 0 Å². The van der Waals surface area contributed by atoms with Gasteiger partial charge in [0.15, 0.2) is 0 Å². The quantitative estimate of drug-likeness (QED) is 0.381. The standard InChI is InChI=1S/C17H24O2/c1-15(7-6-8-16(2)13-18)11-12-19-14-17-9-4-3-5-10-17/h3-7,9-10,13,15-16H,8,11-12,14H2,1-2H3/b7-6+/t15-,16+/m0/s1. The molecule has 1 rings (SSSR count). The third-order valence-electron chi connectivity index (χ3n) is 3.03. The molecule has 1 aromatic carbocycles. The molecule has 0 aliphatic carbocycles. The Morgan fingerprint density at radius 3 is 2.58 bits per heavy atom. The predicted molar refractivity (Wildman–Crippen MR) is 78.9 cm³/mol. The predicted octanol–water partition coefficient (Wildman–Crippen LogP) is 4.01. The van der Waals surface area contributed by atoms with E-state index in [1.165, 1.54) is 5.56 Å². The zero-order valence-electron chi connectivity index (χ0n) is 11.9. The highest BCUT2D eigenvalue weighted by Gasteiger charge is 1.99. The van der Waals surface area contributed by atoms with Crippen molar-refractivity contribution < 1.29 is 9.53 Å². The molecule has 0 bridgehead atoms. The minimum atomic E-state index is 0.123. The van der Waals surface area contributed by atoms with Crippen LogP contribution in [0.2, 0.25) is 0 Å². The van der Waals surface area contributed by atoms with Crippen LogP contribution in [0.15, 0.2) is 42.5 Å². The number of benzene rings is 1. The SMILES string of the molecule is C[C@@H](C=O)C/C=C/[C@H](C)CCOCc1ccccc1. The van der Waals surface area contributed by atoms with Crippen LogP contribution in [0.5, 0.6) is 0 Å². The Bertz CT molecular complexity index is 370. The zero-order valence-corrected chi connectivity index (χ0v) is 11.9. The number of rotatable bonds is 9. The van der Waals surface area contributed by atoms with Crippen molar-refractivity contribution in [2.75, 3.05) is 6.61 Å². The molecule has 0 amide bonds. The minimum Gasteiger partial charge on any atom is -0.377 e. The second-order valence-electron chi connectivity index (χ2n) is 5.08. The summed E-state index contributed by atoms with van der Waals surface area (Å²) < 4.78 is 5.65. The highest BCUT2D eigenvalue weighted by Crippen LogP contribution is 2.08. The summed E-state index contributed by atoms with van der Waals surface area (Å²) in [5.41, 5.74) is 1.21. The molecule has 0 aromatic heterocycles. The Balaban J connectivity index is 2.10. The first-order valence-corrected chi connectivity index (χ1v) is 6.96. The number of allylic oxidation sites excluding steroid dienone is 2. The topological polar surface area (TPSA) is 26.3 Å². The first-order chi connectivity index (χ1) is 9.22. The van der Waals surface area contributed by atoms with E-state index in [1.807, 2.05) is 25.1 Å². The molecule has 0 aliphatic rings. The van der Waals surface area contributed by atoms with E-state index in [4.69, 9.17) is 4.74 Å². The summed E-state index contributed by atoms with van der Waals surface area (Å²) in [7, 11) is 0. The van der Waals surface area contributed by atoms with Crippen molar-refractivity contribution in [3.05, 3.63) is 48.0 Å². The Hall–Kier alpha value is -1.41. The molecule has 104 valence electrons. The summed E-state index contributed by atoms with van der Waals surface area (Å²) in [6, 6.07) is 10.2. The van der Waals surface area contributed by atoms with Crippen molar-refractivity contribution in [3.63, 3.8) is 0 Å². The van der Waals surface area contributed by atoms with Crippen molar-refractivity contribution in [2.24, 2.45) is 11.8 Å². The smallest absolute Gasteiger partial charge is 0.123 e. The van der Waals surface area contributed by atoms with Crippen molar-refractivity contribution in [3.8, 4) is 0 Å². The fraction of sp³-hybridized carbons (Fsp3) is 0.471. The highest BCUT2D eigenvalue weighted by molar-refractivity contribution is 5.52. The lowest BCUT2D eigenvalue weighted by Crippen LogP contribution is -2.00. The van der Waals surface area contributed by atoms with Gasteiger partial charge >= 0.3 is 0 Å². The molecule has 0 aliphatic heterocycles. The number of hydrogen-bond donors (Lipinski definition) is 0. The molecule has 0 spiro atoms. The van der Waals surface area contributed by atoms with E-state index in [2.05, 4.69) is 31.2 Å². The van der Waals surface area contributed by atoms with Crippen LogP contribution in [-0.2, 0) is 16.1 Å². The summed E-state index contributed by atoms with van der Waals surface area (Å²) in [5.74, 6) is 0.618. The van der Waals surface area contributed by atoms with Crippen LogP contribution in [-0.4, -0.2) is 12.9 Å². The first kappa shape index (κ1) is 15.6. The highest BCUT2D eigenvalue weighted by atomic mass is 16.5. The Labute approximate surface area is 116 Å². The van der Waals surface area contributed by atoms with Gasteiger partial charge in [-0.05, 0) is 24.3 Å². The fourth-order valence-corrected chi connectivity index (χ4v) is 1.71. The summed E-state index contributed by atoms with van der Waals surface area (Å²) >= 11 is 0. The van der Waals surface area contributed by atoms with Gasteiger partial charge in [0.25, 0.3) is 0 Å². The van der Waals surface area contributed by atoms with E-state index >= 15 is 0 Å². The van der Waals surface area contributed by atoms with E-state index in [0.29, 0.717) is 12.5 Å². The van der Waals surface area contributed by atoms with Gasteiger partial charge in [0.2, 0.25) is 0 Å². The normalized spacial score (nSPS) is 14.4. The molecule has 1 aromatic rings. The van der Waals surface area contributed by atoms with Crippen LogP contribution in [0.1, 0.15) is 32.3 Å². The van der Waals surface area contributed by atoms with Gasteiger partial charge in [0, 0.05) is 12.5 Å². The lowest BCUT2D eigenvalue weighted by molar-refractivity contribution is -0.110. The van der Waals surface area contributed by atoms with Gasteiger partial charge in [0.05, 0.1) is 6.61 Å². The van der Waals surface area contributed by atoms with Crippen LogP contribution in [0, 0.1) is 11.8 Å². The van der Waals surface area contributed by atoms with E-state index < -0.39 is 0 Å².